The average Bonchev–Trinajstić information content (AvgIpc) is 2.79. The van der Waals surface area contributed by atoms with Gasteiger partial charge in [-0.2, -0.15) is 10.4 Å². The monoisotopic (exact) mass is 354 g/mol. The normalized spacial score (nSPS) is 22.2. The van der Waals surface area contributed by atoms with Crippen molar-refractivity contribution in [3.63, 3.8) is 0 Å². The van der Waals surface area contributed by atoms with E-state index in [9.17, 15) is 10.1 Å². The lowest BCUT2D eigenvalue weighted by Crippen LogP contribution is -2.33. The molecule has 1 aliphatic heterocycles. The van der Waals surface area contributed by atoms with Crippen molar-refractivity contribution in [1.82, 2.24) is 9.78 Å². The number of nitrogens with zero attached hydrogens (tertiary/aromatic N) is 3. The van der Waals surface area contributed by atoms with E-state index < -0.39 is 5.92 Å². The number of rotatable bonds is 3. The molecule has 2 N–H and O–H groups in total. The fraction of sp³-hybridized carbons (Fsp3) is 0.550. The molecule has 1 aromatic heterocycles. The number of hydrogen-bond donors (Lipinski definition) is 1. The van der Waals surface area contributed by atoms with E-state index >= 15 is 0 Å². The second-order valence-electron chi connectivity index (χ2n) is 8.01. The van der Waals surface area contributed by atoms with E-state index in [4.69, 9.17) is 10.5 Å². The van der Waals surface area contributed by atoms with E-state index in [1.165, 1.54) is 0 Å². The highest BCUT2D eigenvalue weighted by molar-refractivity contribution is 6.00. The summed E-state index contributed by atoms with van der Waals surface area (Å²) in [6.45, 7) is 10.9. The SMILES string of the molecule is CCCn1nc(C)c([C@@H]2C(C#N)=C(N)OC3=C2C(=O)CC(C)(C)C3)c1C. The Labute approximate surface area is 154 Å². The lowest BCUT2D eigenvalue weighted by atomic mass is 9.70. The Morgan fingerprint density at radius 2 is 2.08 bits per heavy atom. The fourth-order valence-electron chi connectivity index (χ4n) is 4.13. The van der Waals surface area contributed by atoms with E-state index in [-0.39, 0.29) is 17.1 Å². The van der Waals surface area contributed by atoms with Crippen LogP contribution in [-0.2, 0) is 16.1 Å². The molecule has 1 aliphatic carbocycles. The zero-order valence-electron chi connectivity index (χ0n) is 16.1. The highest BCUT2D eigenvalue weighted by Crippen LogP contribution is 2.48. The number of aromatic nitrogens is 2. The van der Waals surface area contributed by atoms with Crippen LogP contribution in [0, 0.1) is 30.6 Å². The van der Waals surface area contributed by atoms with Gasteiger partial charge in [0.25, 0.3) is 0 Å². The molecule has 0 spiro atoms. The number of nitriles is 1. The standard InChI is InChI=1S/C20H26N4O2/c1-6-7-24-12(3)16(11(2)23-24)17-13(10-21)19(22)26-15-9-20(4,5)8-14(25)18(15)17/h17H,6-9,22H2,1-5H3/t17-/m0/s1. The maximum Gasteiger partial charge on any atom is 0.205 e. The van der Waals surface area contributed by atoms with Crippen LogP contribution >= 0.6 is 0 Å². The largest absolute Gasteiger partial charge is 0.444 e. The van der Waals surface area contributed by atoms with Gasteiger partial charge in [-0.25, -0.2) is 0 Å². The van der Waals surface area contributed by atoms with Gasteiger partial charge in [-0.3, -0.25) is 9.48 Å². The van der Waals surface area contributed by atoms with Gasteiger partial charge in [-0.05, 0) is 25.7 Å². The molecule has 2 aliphatic rings. The molecule has 0 saturated carbocycles. The van der Waals surface area contributed by atoms with Crippen LogP contribution in [0.4, 0.5) is 0 Å². The first-order valence-corrected chi connectivity index (χ1v) is 9.08. The smallest absolute Gasteiger partial charge is 0.205 e. The third-order valence-electron chi connectivity index (χ3n) is 5.24. The summed E-state index contributed by atoms with van der Waals surface area (Å²) in [4.78, 5) is 13.0. The number of hydrogen-bond acceptors (Lipinski definition) is 5. The molecule has 0 saturated heterocycles. The van der Waals surface area contributed by atoms with Crippen LogP contribution in [-0.4, -0.2) is 15.6 Å². The number of Topliss-reactive ketones (excluding diaryl/α,β-unsaturated/α-hetero) is 1. The Bertz CT molecular complexity index is 880. The van der Waals surface area contributed by atoms with Crippen LogP contribution in [0.15, 0.2) is 22.8 Å². The van der Waals surface area contributed by atoms with Crippen LogP contribution in [0.1, 0.15) is 62.9 Å². The Balaban J connectivity index is 2.23. The third kappa shape index (κ3) is 2.82. The molecule has 0 radical (unpaired) electrons. The minimum atomic E-state index is -0.488. The molecule has 0 aromatic carbocycles. The van der Waals surface area contributed by atoms with Crippen molar-refractivity contribution in [1.29, 1.82) is 5.26 Å². The lowest BCUT2D eigenvalue weighted by molar-refractivity contribution is -0.119. The van der Waals surface area contributed by atoms with Gasteiger partial charge in [0.1, 0.15) is 17.4 Å². The minimum absolute atomic E-state index is 0.0311. The number of carbonyl (C=O) groups excluding carboxylic acids is 1. The number of ether oxygens (including phenoxy) is 1. The Morgan fingerprint density at radius 1 is 1.38 bits per heavy atom. The number of nitrogens with two attached hydrogens (primary N) is 1. The lowest BCUT2D eigenvalue weighted by Gasteiger charge is -2.37. The summed E-state index contributed by atoms with van der Waals surface area (Å²) in [6, 6.07) is 2.18. The van der Waals surface area contributed by atoms with Crippen molar-refractivity contribution in [3.8, 4) is 6.07 Å². The molecule has 6 heteroatoms. The molecule has 0 amide bonds. The summed E-state index contributed by atoms with van der Waals surface area (Å²) in [5.41, 5.74) is 9.50. The molecular formula is C20H26N4O2. The first-order chi connectivity index (χ1) is 12.2. The van der Waals surface area contributed by atoms with Gasteiger partial charge in [0.2, 0.25) is 5.88 Å². The number of allylic oxidation sites excluding steroid dienone is 3. The molecule has 0 bridgehead atoms. The molecular weight excluding hydrogens is 328 g/mol. The van der Waals surface area contributed by atoms with Gasteiger partial charge < -0.3 is 10.5 Å². The summed E-state index contributed by atoms with van der Waals surface area (Å²) in [6.07, 6.45) is 2.02. The molecule has 6 nitrogen and oxygen atoms in total. The van der Waals surface area contributed by atoms with Gasteiger partial charge in [-0.1, -0.05) is 20.8 Å². The first kappa shape index (κ1) is 18.2. The molecule has 138 valence electrons. The summed E-state index contributed by atoms with van der Waals surface area (Å²) < 4.78 is 7.70. The molecule has 0 unspecified atom stereocenters. The topological polar surface area (TPSA) is 93.9 Å². The van der Waals surface area contributed by atoms with Gasteiger partial charge in [0, 0.05) is 36.2 Å². The third-order valence-corrected chi connectivity index (χ3v) is 5.24. The van der Waals surface area contributed by atoms with Crippen molar-refractivity contribution in [2.75, 3.05) is 0 Å². The van der Waals surface area contributed by atoms with Crippen LogP contribution < -0.4 is 5.73 Å². The second-order valence-corrected chi connectivity index (χ2v) is 8.01. The molecule has 26 heavy (non-hydrogen) atoms. The minimum Gasteiger partial charge on any atom is -0.444 e. The highest BCUT2D eigenvalue weighted by Gasteiger charge is 2.44. The first-order valence-electron chi connectivity index (χ1n) is 9.08. The molecule has 1 aromatic rings. The summed E-state index contributed by atoms with van der Waals surface area (Å²) >= 11 is 0. The zero-order valence-corrected chi connectivity index (χ0v) is 16.1. The number of ketones is 1. The van der Waals surface area contributed by atoms with Crippen molar-refractivity contribution in [2.24, 2.45) is 11.1 Å². The quantitative estimate of drug-likeness (QED) is 0.898. The summed E-state index contributed by atoms with van der Waals surface area (Å²) in [5.74, 6) is 0.250. The molecule has 3 rings (SSSR count). The fourth-order valence-corrected chi connectivity index (χ4v) is 4.13. The zero-order chi connectivity index (χ0) is 19.2. The van der Waals surface area contributed by atoms with Gasteiger partial charge in [0.05, 0.1) is 11.6 Å². The Hall–Kier alpha value is -2.55. The van der Waals surface area contributed by atoms with Crippen molar-refractivity contribution in [3.05, 3.63) is 39.7 Å². The van der Waals surface area contributed by atoms with Crippen LogP contribution in [0.3, 0.4) is 0 Å². The van der Waals surface area contributed by atoms with Crippen LogP contribution in [0.2, 0.25) is 0 Å². The number of aryl methyl sites for hydroxylation is 2. The van der Waals surface area contributed by atoms with Crippen molar-refractivity contribution >= 4 is 5.78 Å². The molecule has 2 heterocycles. The van der Waals surface area contributed by atoms with E-state index in [1.807, 2.05) is 32.4 Å². The van der Waals surface area contributed by atoms with E-state index in [0.717, 1.165) is 29.9 Å². The maximum absolute atomic E-state index is 13.0. The van der Waals surface area contributed by atoms with E-state index in [0.29, 0.717) is 29.7 Å². The van der Waals surface area contributed by atoms with Crippen LogP contribution in [0.5, 0.6) is 0 Å². The number of carbonyl (C=O) groups is 1. The Kier molecular flexibility index (Phi) is 4.43. The van der Waals surface area contributed by atoms with Crippen molar-refractivity contribution in [2.45, 2.75) is 66.3 Å². The van der Waals surface area contributed by atoms with E-state index in [2.05, 4.69) is 18.1 Å². The highest BCUT2D eigenvalue weighted by atomic mass is 16.5. The molecule has 1 atom stereocenters. The maximum atomic E-state index is 13.0. The van der Waals surface area contributed by atoms with Gasteiger partial charge >= 0.3 is 0 Å². The predicted molar refractivity (Wildman–Crippen MR) is 97.7 cm³/mol. The van der Waals surface area contributed by atoms with Gasteiger partial charge in [-0.15, -0.1) is 0 Å². The predicted octanol–water partition coefficient (Wildman–Crippen LogP) is 3.36. The van der Waals surface area contributed by atoms with Crippen molar-refractivity contribution < 1.29 is 9.53 Å². The molecule has 0 fully saturated rings. The van der Waals surface area contributed by atoms with E-state index in [1.54, 1.807) is 0 Å². The van der Waals surface area contributed by atoms with Crippen LogP contribution in [0.25, 0.3) is 0 Å². The summed E-state index contributed by atoms with van der Waals surface area (Å²) in [5, 5.41) is 14.4. The second kappa shape index (κ2) is 6.31. The average molecular weight is 354 g/mol. The van der Waals surface area contributed by atoms with Gasteiger partial charge in [0.15, 0.2) is 5.78 Å². The Morgan fingerprint density at radius 3 is 2.69 bits per heavy atom. The summed E-state index contributed by atoms with van der Waals surface area (Å²) in [7, 11) is 0.